The fourth-order valence-corrected chi connectivity index (χ4v) is 4.70. The molecule has 4 aromatic rings. The summed E-state index contributed by atoms with van der Waals surface area (Å²) >= 11 is 6.15. The molecule has 1 amide bonds. The molecule has 9 nitrogen and oxygen atoms in total. The van der Waals surface area contributed by atoms with Crippen molar-refractivity contribution in [1.82, 2.24) is 24.8 Å². The van der Waals surface area contributed by atoms with E-state index < -0.39 is 0 Å². The molecule has 1 unspecified atom stereocenters. The fourth-order valence-electron chi connectivity index (χ4n) is 4.53. The Morgan fingerprint density at radius 3 is 2.84 bits per heavy atom. The molecule has 1 aromatic carbocycles. The zero-order chi connectivity index (χ0) is 25.9. The van der Waals surface area contributed by atoms with E-state index in [1.807, 2.05) is 24.3 Å². The monoisotopic (exact) mass is 514 g/mol. The van der Waals surface area contributed by atoms with Gasteiger partial charge in [-0.15, -0.1) is 0 Å². The third-order valence-electron chi connectivity index (χ3n) is 6.47. The second-order valence-electron chi connectivity index (χ2n) is 9.05. The fraction of sp³-hybridized carbons (Fsp3) is 0.222. The van der Waals surface area contributed by atoms with Crippen LogP contribution in [0.4, 0.5) is 23.0 Å². The average Bonchev–Trinajstić information content (AvgIpc) is 3.34. The van der Waals surface area contributed by atoms with Gasteiger partial charge >= 0.3 is 0 Å². The van der Waals surface area contributed by atoms with Gasteiger partial charge in [-0.25, -0.2) is 9.97 Å². The first-order valence-electron chi connectivity index (χ1n) is 11.9. The van der Waals surface area contributed by atoms with Crippen molar-refractivity contribution in [3.8, 4) is 11.3 Å². The SMILES string of the molecule is C=CC(=O)Nc1cc(Nc2ncc3ccnc(-c4cncc(Cl)c4)c3n2)ccc1N(C)C1CCN(C)C1. The number of anilines is 4. The summed E-state index contributed by atoms with van der Waals surface area (Å²) in [5, 5.41) is 7.57. The number of hydrogen-bond donors (Lipinski definition) is 2. The van der Waals surface area contributed by atoms with Crippen LogP contribution in [0.25, 0.3) is 22.2 Å². The van der Waals surface area contributed by atoms with Crippen LogP contribution in [0.3, 0.4) is 0 Å². The molecular formula is C27H27ClN8O. The number of fused-ring (bicyclic) bond motifs is 1. The maximum Gasteiger partial charge on any atom is 0.247 e. The van der Waals surface area contributed by atoms with Crippen molar-refractivity contribution < 1.29 is 4.79 Å². The van der Waals surface area contributed by atoms with Crippen LogP contribution in [0.15, 0.2) is 67.8 Å². The maximum atomic E-state index is 12.2. The van der Waals surface area contributed by atoms with Crippen LogP contribution in [-0.2, 0) is 4.79 Å². The van der Waals surface area contributed by atoms with Crippen molar-refractivity contribution in [1.29, 1.82) is 0 Å². The van der Waals surface area contributed by atoms with Gasteiger partial charge in [0.15, 0.2) is 0 Å². The standard InChI is InChI=1S/C27H27ClN8O/c1-4-24(37)33-22-12-20(5-6-23(22)36(3)21-8-10-35(2)16-21)32-27-31-14-17-7-9-30-25(26(17)34-27)18-11-19(28)15-29-13-18/h4-7,9,11-15,21H,1,8,10,16H2,2-3H3,(H,33,37)(H,31,32,34). The van der Waals surface area contributed by atoms with Crippen molar-refractivity contribution >= 4 is 51.4 Å². The highest BCUT2D eigenvalue weighted by molar-refractivity contribution is 6.30. The lowest BCUT2D eigenvalue weighted by Gasteiger charge is -2.29. The van der Waals surface area contributed by atoms with E-state index in [1.165, 1.54) is 6.08 Å². The van der Waals surface area contributed by atoms with Gasteiger partial charge in [0, 0.05) is 61.1 Å². The number of benzene rings is 1. The van der Waals surface area contributed by atoms with Crippen molar-refractivity contribution in [3.05, 3.63) is 72.8 Å². The van der Waals surface area contributed by atoms with Gasteiger partial charge in [-0.2, -0.15) is 0 Å². The highest BCUT2D eigenvalue weighted by Crippen LogP contribution is 2.33. The van der Waals surface area contributed by atoms with E-state index in [0.717, 1.165) is 41.8 Å². The van der Waals surface area contributed by atoms with Crippen molar-refractivity contribution in [2.75, 3.05) is 42.7 Å². The first-order valence-corrected chi connectivity index (χ1v) is 12.3. The lowest BCUT2D eigenvalue weighted by atomic mass is 10.1. The van der Waals surface area contributed by atoms with Gasteiger partial charge in [0.2, 0.25) is 11.9 Å². The summed E-state index contributed by atoms with van der Waals surface area (Å²) in [7, 11) is 4.18. The molecule has 0 saturated carbocycles. The van der Waals surface area contributed by atoms with E-state index >= 15 is 0 Å². The minimum atomic E-state index is -0.275. The van der Waals surface area contributed by atoms with Crippen LogP contribution in [0.5, 0.6) is 0 Å². The summed E-state index contributed by atoms with van der Waals surface area (Å²) in [5.41, 5.74) is 4.44. The minimum Gasteiger partial charge on any atom is -0.369 e. The number of hydrogen-bond acceptors (Lipinski definition) is 8. The molecule has 188 valence electrons. The Bertz CT molecular complexity index is 1480. The number of nitrogens with zero attached hydrogens (tertiary/aromatic N) is 6. The van der Waals surface area contributed by atoms with E-state index in [4.69, 9.17) is 16.6 Å². The Hall–Kier alpha value is -4.08. The third-order valence-corrected chi connectivity index (χ3v) is 6.67. The lowest BCUT2D eigenvalue weighted by molar-refractivity contribution is -0.111. The van der Waals surface area contributed by atoms with E-state index in [0.29, 0.717) is 33.9 Å². The van der Waals surface area contributed by atoms with Gasteiger partial charge in [-0.05, 0) is 56.4 Å². The van der Waals surface area contributed by atoms with Gasteiger partial charge in [0.25, 0.3) is 0 Å². The van der Waals surface area contributed by atoms with Crippen molar-refractivity contribution in [2.45, 2.75) is 12.5 Å². The van der Waals surface area contributed by atoms with Gasteiger partial charge < -0.3 is 20.4 Å². The lowest BCUT2D eigenvalue weighted by Crippen LogP contribution is -2.34. The van der Waals surface area contributed by atoms with Crippen LogP contribution >= 0.6 is 11.6 Å². The molecule has 3 aromatic heterocycles. The van der Waals surface area contributed by atoms with E-state index in [9.17, 15) is 4.79 Å². The van der Waals surface area contributed by atoms with E-state index in [1.54, 1.807) is 30.9 Å². The highest BCUT2D eigenvalue weighted by Gasteiger charge is 2.25. The number of aromatic nitrogens is 4. The predicted molar refractivity (Wildman–Crippen MR) is 148 cm³/mol. The molecule has 1 atom stereocenters. The Morgan fingerprint density at radius 1 is 1.22 bits per heavy atom. The summed E-state index contributed by atoms with van der Waals surface area (Å²) in [6.45, 7) is 5.60. The summed E-state index contributed by atoms with van der Waals surface area (Å²) < 4.78 is 0. The number of rotatable bonds is 7. The predicted octanol–water partition coefficient (Wildman–Crippen LogP) is 4.75. The maximum absolute atomic E-state index is 12.2. The zero-order valence-corrected chi connectivity index (χ0v) is 21.4. The molecule has 4 heterocycles. The van der Waals surface area contributed by atoms with Crippen molar-refractivity contribution in [3.63, 3.8) is 0 Å². The van der Waals surface area contributed by atoms with Crippen LogP contribution in [0.1, 0.15) is 6.42 Å². The number of halogens is 1. The van der Waals surface area contributed by atoms with Gasteiger partial charge in [-0.3, -0.25) is 14.8 Å². The summed E-state index contributed by atoms with van der Waals surface area (Å²) in [5.74, 6) is 0.124. The second kappa shape index (κ2) is 10.5. The largest absolute Gasteiger partial charge is 0.369 e. The molecule has 5 rings (SSSR count). The molecule has 1 aliphatic heterocycles. The number of carbonyl (C=O) groups excluding carboxylic acids is 1. The van der Waals surface area contributed by atoms with Crippen LogP contribution in [0, 0.1) is 0 Å². The molecule has 1 saturated heterocycles. The minimum absolute atomic E-state index is 0.275. The molecule has 0 radical (unpaired) electrons. The number of likely N-dealkylation sites (N-methyl/N-ethyl adjacent to an activating group) is 2. The smallest absolute Gasteiger partial charge is 0.247 e. The molecule has 1 fully saturated rings. The Balaban J connectivity index is 1.48. The first kappa shape index (κ1) is 24.6. The Morgan fingerprint density at radius 2 is 2.08 bits per heavy atom. The summed E-state index contributed by atoms with van der Waals surface area (Å²) in [6.07, 6.45) is 9.06. The van der Waals surface area contributed by atoms with Crippen molar-refractivity contribution in [2.24, 2.45) is 0 Å². The van der Waals surface area contributed by atoms with E-state index in [2.05, 4.69) is 56.1 Å². The second-order valence-corrected chi connectivity index (χ2v) is 9.49. The molecule has 10 heteroatoms. The quantitative estimate of drug-likeness (QED) is 0.341. The van der Waals surface area contributed by atoms with Gasteiger partial charge in [0.1, 0.15) is 5.52 Å². The molecule has 0 aliphatic carbocycles. The number of amides is 1. The van der Waals surface area contributed by atoms with Crippen LogP contribution in [0.2, 0.25) is 5.02 Å². The van der Waals surface area contributed by atoms with Gasteiger partial charge in [0.05, 0.1) is 22.1 Å². The number of carbonyl (C=O) groups is 1. The van der Waals surface area contributed by atoms with Crippen LogP contribution < -0.4 is 15.5 Å². The highest BCUT2D eigenvalue weighted by atomic mass is 35.5. The molecule has 0 bridgehead atoms. The molecular weight excluding hydrogens is 488 g/mol. The molecule has 1 aliphatic rings. The Kier molecular flexibility index (Phi) is 6.98. The zero-order valence-electron chi connectivity index (χ0n) is 20.6. The topological polar surface area (TPSA) is 99.2 Å². The molecule has 0 spiro atoms. The number of pyridine rings is 2. The third kappa shape index (κ3) is 5.37. The number of likely N-dealkylation sites (tertiary alicyclic amines) is 1. The van der Waals surface area contributed by atoms with Gasteiger partial charge in [-0.1, -0.05) is 18.2 Å². The normalized spacial score (nSPS) is 15.5. The number of nitrogens with one attached hydrogen (secondary N) is 2. The van der Waals surface area contributed by atoms with Crippen LogP contribution in [-0.4, -0.2) is 64.0 Å². The Labute approximate surface area is 220 Å². The summed E-state index contributed by atoms with van der Waals surface area (Å²) in [6, 6.07) is 9.84. The molecule has 37 heavy (non-hydrogen) atoms. The first-order chi connectivity index (χ1) is 17.9. The molecule has 2 N–H and O–H groups in total. The summed E-state index contributed by atoms with van der Waals surface area (Å²) in [4.78, 5) is 34.6. The van der Waals surface area contributed by atoms with E-state index in [-0.39, 0.29) is 5.91 Å². The average molecular weight is 515 g/mol.